The number of benzene rings is 2. The maximum atomic E-state index is 4.94. The number of hydrogen-bond donors (Lipinski definition) is 0. The van der Waals surface area contributed by atoms with Gasteiger partial charge in [0, 0.05) is 11.8 Å². The van der Waals surface area contributed by atoms with Gasteiger partial charge in [-0.05, 0) is 24.6 Å². The van der Waals surface area contributed by atoms with E-state index in [0.717, 1.165) is 17.0 Å². The van der Waals surface area contributed by atoms with Gasteiger partial charge in [0.15, 0.2) is 0 Å². The molecule has 0 saturated heterocycles. The van der Waals surface area contributed by atoms with E-state index >= 15 is 0 Å². The highest BCUT2D eigenvalue weighted by molar-refractivity contribution is 6.11. The first-order valence-electron chi connectivity index (χ1n) is 7.44. The molecule has 3 aromatic rings. The number of rotatable bonds is 4. The van der Waals surface area contributed by atoms with Crippen molar-refractivity contribution in [2.75, 3.05) is 0 Å². The SMILES string of the molecule is CC(N=C(c1ccccc1)c1ccccn1)c1ccccc1. The molecule has 0 aliphatic carbocycles. The highest BCUT2D eigenvalue weighted by Crippen LogP contribution is 2.19. The number of nitrogens with zero attached hydrogens (tertiary/aromatic N) is 2. The van der Waals surface area contributed by atoms with Crippen LogP contribution in [0.15, 0.2) is 90.1 Å². The van der Waals surface area contributed by atoms with Crippen LogP contribution in [0.3, 0.4) is 0 Å². The Morgan fingerprint density at radius 2 is 1.45 bits per heavy atom. The van der Waals surface area contributed by atoms with E-state index in [4.69, 9.17) is 4.99 Å². The predicted octanol–water partition coefficient (Wildman–Crippen LogP) is 4.68. The van der Waals surface area contributed by atoms with E-state index in [1.54, 1.807) is 6.20 Å². The van der Waals surface area contributed by atoms with E-state index in [-0.39, 0.29) is 6.04 Å². The minimum absolute atomic E-state index is 0.0819. The molecule has 0 fully saturated rings. The fourth-order valence-electron chi connectivity index (χ4n) is 2.39. The van der Waals surface area contributed by atoms with Crippen LogP contribution in [0.5, 0.6) is 0 Å². The van der Waals surface area contributed by atoms with Gasteiger partial charge in [-0.2, -0.15) is 0 Å². The van der Waals surface area contributed by atoms with Crippen LogP contribution in [0.4, 0.5) is 0 Å². The Bertz CT molecular complexity index is 693. The maximum Gasteiger partial charge on any atom is 0.0910 e. The molecule has 0 aliphatic heterocycles. The van der Waals surface area contributed by atoms with Gasteiger partial charge in [0.1, 0.15) is 0 Å². The summed E-state index contributed by atoms with van der Waals surface area (Å²) in [6, 6.07) is 26.6. The number of aromatic nitrogens is 1. The van der Waals surface area contributed by atoms with E-state index in [1.165, 1.54) is 5.56 Å². The molecule has 0 amide bonds. The van der Waals surface area contributed by atoms with Crippen LogP contribution in [0.25, 0.3) is 0 Å². The summed E-state index contributed by atoms with van der Waals surface area (Å²) >= 11 is 0. The first-order valence-corrected chi connectivity index (χ1v) is 7.44. The van der Waals surface area contributed by atoms with Crippen LogP contribution in [0.2, 0.25) is 0 Å². The van der Waals surface area contributed by atoms with E-state index in [1.807, 2.05) is 54.6 Å². The lowest BCUT2D eigenvalue weighted by molar-refractivity contribution is 0.820. The zero-order chi connectivity index (χ0) is 15.2. The van der Waals surface area contributed by atoms with Gasteiger partial charge in [-0.1, -0.05) is 66.7 Å². The summed E-state index contributed by atoms with van der Waals surface area (Å²) in [4.78, 5) is 9.41. The monoisotopic (exact) mass is 286 g/mol. The highest BCUT2D eigenvalue weighted by atomic mass is 14.8. The average molecular weight is 286 g/mol. The normalized spacial score (nSPS) is 12.9. The zero-order valence-electron chi connectivity index (χ0n) is 12.6. The minimum Gasteiger partial charge on any atom is -0.275 e. The third-order valence-corrected chi connectivity index (χ3v) is 3.56. The van der Waals surface area contributed by atoms with Crippen molar-refractivity contribution >= 4 is 5.71 Å². The lowest BCUT2D eigenvalue weighted by Crippen LogP contribution is -2.07. The number of hydrogen-bond acceptors (Lipinski definition) is 2. The van der Waals surface area contributed by atoms with E-state index in [9.17, 15) is 0 Å². The summed E-state index contributed by atoms with van der Waals surface area (Å²) in [5, 5.41) is 0. The smallest absolute Gasteiger partial charge is 0.0910 e. The Balaban J connectivity index is 2.04. The molecule has 1 unspecified atom stereocenters. The standard InChI is InChI=1S/C20H18N2/c1-16(17-10-4-2-5-11-17)22-20(18-12-6-3-7-13-18)19-14-8-9-15-21-19/h2-16H,1H3. The quantitative estimate of drug-likeness (QED) is 0.639. The highest BCUT2D eigenvalue weighted by Gasteiger charge is 2.11. The molecule has 2 nitrogen and oxygen atoms in total. The van der Waals surface area contributed by atoms with Crippen LogP contribution in [0.1, 0.15) is 29.8 Å². The molecule has 3 rings (SSSR count). The molecule has 0 saturated carbocycles. The van der Waals surface area contributed by atoms with Crippen LogP contribution in [-0.4, -0.2) is 10.7 Å². The lowest BCUT2D eigenvalue weighted by Gasteiger charge is -2.12. The molecule has 22 heavy (non-hydrogen) atoms. The number of pyridine rings is 1. The Hall–Kier alpha value is -2.74. The molecule has 0 N–H and O–H groups in total. The molecule has 0 radical (unpaired) electrons. The van der Waals surface area contributed by atoms with Crippen molar-refractivity contribution in [1.29, 1.82) is 0 Å². The van der Waals surface area contributed by atoms with Gasteiger partial charge in [-0.3, -0.25) is 9.98 Å². The first kappa shape index (κ1) is 14.2. The summed E-state index contributed by atoms with van der Waals surface area (Å²) in [5.74, 6) is 0. The van der Waals surface area contributed by atoms with Gasteiger partial charge in [-0.15, -0.1) is 0 Å². The molecule has 1 heterocycles. The molecule has 2 heteroatoms. The molecule has 108 valence electrons. The van der Waals surface area contributed by atoms with Crippen LogP contribution in [0, 0.1) is 0 Å². The fourth-order valence-corrected chi connectivity index (χ4v) is 2.39. The van der Waals surface area contributed by atoms with Crippen molar-refractivity contribution in [3.8, 4) is 0 Å². The van der Waals surface area contributed by atoms with Crippen LogP contribution >= 0.6 is 0 Å². The first-order chi connectivity index (χ1) is 10.8. The van der Waals surface area contributed by atoms with Gasteiger partial charge >= 0.3 is 0 Å². The zero-order valence-corrected chi connectivity index (χ0v) is 12.6. The molecular weight excluding hydrogens is 268 g/mol. The summed E-state index contributed by atoms with van der Waals surface area (Å²) in [5.41, 5.74) is 4.12. The van der Waals surface area contributed by atoms with Crippen molar-refractivity contribution in [2.24, 2.45) is 4.99 Å². The fraction of sp³-hybridized carbons (Fsp3) is 0.100. The van der Waals surface area contributed by atoms with Gasteiger partial charge in [-0.25, -0.2) is 0 Å². The summed E-state index contributed by atoms with van der Waals surface area (Å²) < 4.78 is 0. The second-order valence-electron chi connectivity index (χ2n) is 5.15. The van der Waals surface area contributed by atoms with Crippen molar-refractivity contribution in [1.82, 2.24) is 4.98 Å². The van der Waals surface area contributed by atoms with Crippen LogP contribution in [-0.2, 0) is 0 Å². The minimum atomic E-state index is 0.0819. The lowest BCUT2D eigenvalue weighted by atomic mass is 10.0. The topological polar surface area (TPSA) is 25.2 Å². The molecule has 1 aromatic heterocycles. The second kappa shape index (κ2) is 6.81. The Kier molecular flexibility index (Phi) is 4.40. The summed E-state index contributed by atoms with van der Waals surface area (Å²) in [6.45, 7) is 2.11. The average Bonchev–Trinajstić information content (AvgIpc) is 2.62. The predicted molar refractivity (Wildman–Crippen MR) is 91.2 cm³/mol. The Labute approximate surface area is 131 Å². The molecule has 0 bridgehead atoms. The molecule has 2 aromatic carbocycles. The third kappa shape index (κ3) is 3.29. The summed E-state index contributed by atoms with van der Waals surface area (Å²) in [6.07, 6.45) is 1.81. The van der Waals surface area contributed by atoms with E-state index < -0.39 is 0 Å². The van der Waals surface area contributed by atoms with Gasteiger partial charge in [0.25, 0.3) is 0 Å². The van der Waals surface area contributed by atoms with E-state index in [2.05, 4.69) is 36.2 Å². The number of aliphatic imine (C=N–C) groups is 1. The maximum absolute atomic E-state index is 4.94. The van der Waals surface area contributed by atoms with Gasteiger partial charge in [0.2, 0.25) is 0 Å². The van der Waals surface area contributed by atoms with Gasteiger partial charge < -0.3 is 0 Å². The third-order valence-electron chi connectivity index (χ3n) is 3.56. The Morgan fingerprint density at radius 1 is 0.818 bits per heavy atom. The van der Waals surface area contributed by atoms with Crippen molar-refractivity contribution < 1.29 is 0 Å². The Morgan fingerprint density at radius 3 is 2.09 bits per heavy atom. The molecule has 0 spiro atoms. The summed E-state index contributed by atoms with van der Waals surface area (Å²) in [7, 11) is 0. The van der Waals surface area contributed by atoms with Crippen molar-refractivity contribution in [3.05, 3.63) is 102 Å². The second-order valence-corrected chi connectivity index (χ2v) is 5.15. The molecule has 0 aliphatic rings. The molecule has 1 atom stereocenters. The molecular formula is C20H18N2. The van der Waals surface area contributed by atoms with Crippen molar-refractivity contribution in [3.63, 3.8) is 0 Å². The largest absolute Gasteiger partial charge is 0.275 e. The van der Waals surface area contributed by atoms with Crippen LogP contribution < -0.4 is 0 Å². The van der Waals surface area contributed by atoms with E-state index in [0.29, 0.717) is 0 Å². The van der Waals surface area contributed by atoms with Crippen molar-refractivity contribution in [2.45, 2.75) is 13.0 Å². The van der Waals surface area contributed by atoms with Gasteiger partial charge in [0.05, 0.1) is 17.4 Å².